The number of halogens is 3. The van der Waals surface area contributed by atoms with Crippen molar-refractivity contribution in [1.82, 2.24) is 14.8 Å². The summed E-state index contributed by atoms with van der Waals surface area (Å²) in [5.41, 5.74) is 1.29. The first kappa shape index (κ1) is 21.4. The van der Waals surface area contributed by atoms with Gasteiger partial charge in [0.15, 0.2) is 0 Å². The zero-order valence-electron chi connectivity index (χ0n) is 15.7. The molecular formula is C20H16F3N5OS. The van der Waals surface area contributed by atoms with Crippen molar-refractivity contribution in [2.45, 2.75) is 19.1 Å². The molecule has 0 bridgehead atoms. The summed E-state index contributed by atoms with van der Waals surface area (Å²) in [6, 6.07) is 9.51. The summed E-state index contributed by atoms with van der Waals surface area (Å²) in [7, 11) is 0. The van der Waals surface area contributed by atoms with Gasteiger partial charge in [0, 0.05) is 24.0 Å². The van der Waals surface area contributed by atoms with E-state index < -0.39 is 11.7 Å². The van der Waals surface area contributed by atoms with Crippen LogP contribution in [0.3, 0.4) is 0 Å². The number of hydrogen-bond acceptors (Lipinski definition) is 4. The molecule has 1 aliphatic rings. The van der Waals surface area contributed by atoms with Gasteiger partial charge in [-0.15, -0.1) is 0 Å². The Balaban J connectivity index is 0.00000256. The van der Waals surface area contributed by atoms with Crippen molar-refractivity contribution in [2.75, 3.05) is 11.4 Å². The number of anilines is 1. The van der Waals surface area contributed by atoms with Crippen molar-refractivity contribution in [2.24, 2.45) is 0 Å². The Bertz CT molecular complexity index is 1130. The van der Waals surface area contributed by atoms with Gasteiger partial charge >= 0.3 is 6.18 Å². The predicted molar refractivity (Wildman–Crippen MR) is 108 cm³/mol. The summed E-state index contributed by atoms with van der Waals surface area (Å²) in [4.78, 5) is 18.6. The Labute approximate surface area is 177 Å². The zero-order valence-corrected chi connectivity index (χ0v) is 16.7. The van der Waals surface area contributed by atoms with Crippen LogP contribution in [0.15, 0.2) is 48.8 Å². The molecule has 0 aliphatic carbocycles. The zero-order chi connectivity index (χ0) is 20.8. The predicted octanol–water partition coefficient (Wildman–Crippen LogP) is 4.17. The molecule has 0 radical (unpaired) electrons. The average Bonchev–Trinajstić information content (AvgIpc) is 3.16. The summed E-state index contributed by atoms with van der Waals surface area (Å²) in [6.07, 6.45) is -1.41. The number of aromatic nitrogens is 3. The van der Waals surface area contributed by atoms with E-state index in [4.69, 9.17) is 5.26 Å². The molecule has 0 N–H and O–H groups in total. The third kappa shape index (κ3) is 3.64. The summed E-state index contributed by atoms with van der Waals surface area (Å²) in [6.45, 7) is 2.15. The molecule has 2 aromatic heterocycles. The Morgan fingerprint density at radius 3 is 2.53 bits per heavy atom. The number of carbonyl (C=O) groups is 1. The van der Waals surface area contributed by atoms with Crippen molar-refractivity contribution in [1.29, 1.82) is 5.26 Å². The van der Waals surface area contributed by atoms with E-state index in [2.05, 4.69) is 10.1 Å². The molecule has 154 valence electrons. The van der Waals surface area contributed by atoms with Crippen LogP contribution in [0.25, 0.3) is 11.1 Å². The van der Waals surface area contributed by atoms with Crippen LogP contribution in [0.1, 0.15) is 34.7 Å². The van der Waals surface area contributed by atoms with Crippen molar-refractivity contribution >= 4 is 25.1 Å². The molecule has 0 fully saturated rings. The van der Waals surface area contributed by atoms with Gasteiger partial charge in [-0.3, -0.25) is 9.48 Å². The second-order valence-electron chi connectivity index (χ2n) is 6.70. The number of amides is 1. The number of benzene rings is 1. The highest BCUT2D eigenvalue weighted by atomic mass is 32.1. The largest absolute Gasteiger partial charge is 0.416 e. The smallest absolute Gasteiger partial charge is 0.305 e. The van der Waals surface area contributed by atoms with Gasteiger partial charge in [0.05, 0.1) is 17.8 Å². The maximum Gasteiger partial charge on any atom is 0.416 e. The highest BCUT2D eigenvalue weighted by molar-refractivity contribution is 7.59. The first-order chi connectivity index (χ1) is 13.8. The first-order valence-electron chi connectivity index (χ1n) is 8.72. The van der Waals surface area contributed by atoms with Crippen molar-refractivity contribution < 1.29 is 18.0 Å². The fraction of sp³-hybridized carbons (Fsp3) is 0.200. The maximum atomic E-state index is 13.2. The van der Waals surface area contributed by atoms with E-state index in [1.54, 1.807) is 23.0 Å². The Kier molecular flexibility index (Phi) is 5.59. The number of fused-ring (bicyclic) bond motifs is 1. The number of alkyl halides is 3. The van der Waals surface area contributed by atoms with Gasteiger partial charge in [-0.2, -0.15) is 37.0 Å². The summed E-state index contributed by atoms with van der Waals surface area (Å²) >= 11 is 0. The van der Waals surface area contributed by atoms with Gasteiger partial charge in [0.2, 0.25) is 0 Å². The van der Waals surface area contributed by atoms with Crippen LogP contribution >= 0.6 is 13.5 Å². The molecule has 30 heavy (non-hydrogen) atoms. The molecule has 4 rings (SSSR count). The summed E-state index contributed by atoms with van der Waals surface area (Å²) < 4.78 is 40.1. The van der Waals surface area contributed by atoms with E-state index in [-0.39, 0.29) is 37.7 Å². The monoisotopic (exact) mass is 431 g/mol. The molecule has 1 atom stereocenters. The van der Waals surface area contributed by atoms with Gasteiger partial charge in [0.1, 0.15) is 17.5 Å². The fourth-order valence-electron chi connectivity index (χ4n) is 3.39. The molecule has 1 aliphatic heterocycles. The molecule has 1 amide bonds. The maximum absolute atomic E-state index is 13.2. The number of hydrogen-bond donors (Lipinski definition) is 0. The molecule has 3 heterocycles. The van der Waals surface area contributed by atoms with Crippen LogP contribution in [0.2, 0.25) is 0 Å². The lowest BCUT2D eigenvalue weighted by atomic mass is 10.0. The minimum Gasteiger partial charge on any atom is -0.305 e. The van der Waals surface area contributed by atoms with E-state index >= 15 is 0 Å². The Morgan fingerprint density at radius 1 is 1.20 bits per heavy atom. The summed E-state index contributed by atoms with van der Waals surface area (Å²) in [5.74, 6) is -0.370. The van der Waals surface area contributed by atoms with Gasteiger partial charge in [-0.05, 0) is 48.9 Å². The van der Waals surface area contributed by atoms with E-state index in [0.29, 0.717) is 22.5 Å². The Morgan fingerprint density at radius 2 is 1.90 bits per heavy atom. The number of carbonyl (C=O) groups excluding carboxylic acids is 1. The van der Waals surface area contributed by atoms with E-state index in [9.17, 15) is 18.0 Å². The number of nitrogens with zero attached hydrogens (tertiary/aromatic N) is 5. The normalized spacial score (nSPS) is 15.9. The third-order valence-electron chi connectivity index (χ3n) is 4.80. The second kappa shape index (κ2) is 7.84. The average molecular weight is 431 g/mol. The lowest BCUT2D eigenvalue weighted by Gasteiger charge is -2.32. The quantitative estimate of drug-likeness (QED) is 0.610. The van der Waals surface area contributed by atoms with Crippen LogP contribution < -0.4 is 4.90 Å². The minimum absolute atomic E-state index is 0. The molecule has 10 heteroatoms. The van der Waals surface area contributed by atoms with E-state index in [1.165, 1.54) is 23.2 Å². The lowest BCUT2D eigenvalue weighted by Crippen LogP contribution is -2.42. The molecule has 3 aromatic rings. The van der Waals surface area contributed by atoms with Crippen molar-refractivity contribution in [3.63, 3.8) is 0 Å². The van der Waals surface area contributed by atoms with Crippen LogP contribution in [0.5, 0.6) is 0 Å². The molecule has 0 saturated carbocycles. The molecule has 1 aromatic carbocycles. The summed E-state index contributed by atoms with van der Waals surface area (Å²) in [5, 5.41) is 13.4. The van der Waals surface area contributed by atoms with Crippen LogP contribution in [0, 0.1) is 11.3 Å². The minimum atomic E-state index is -4.44. The number of nitriles is 1. The third-order valence-corrected chi connectivity index (χ3v) is 4.80. The first-order valence-corrected chi connectivity index (χ1v) is 8.72. The molecular weight excluding hydrogens is 415 g/mol. The van der Waals surface area contributed by atoms with Crippen LogP contribution in [-0.2, 0) is 6.18 Å². The molecule has 0 spiro atoms. The van der Waals surface area contributed by atoms with E-state index in [1.807, 2.05) is 13.0 Å². The van der Waals surface area contributed by atoms with Gasteiger partial charge < -0.3 is 4.90 Å². The number of rotatable bonds is 2. The standard InChI is InChI=1S/C20H14F3N5O.H2S/c1-12-11-27(16-4-2-14(3-5-16)20(21,22)23)19(29)18-17(10-26-28(12)18)13-6-7-25-15(8-13)9-24;/h2-8,10,12H,11H2,1H3;1H2/t12-;/m0./s1. The van der Waals surface area contributed by atoms with Crippen LogP contribution in [0.4, 0.5) is 18.9 Å². The number of pyridine rings is 1. The van der Waals surface area contributed by atoms with Crippen molar-refractivity contribution in [3.8, 4) is 17.2 Å². The molecule has 6 nitrogen and oxygen atoms in total. The van der Waals surface area contributed by atoms with Gasteiger partial charge in [0.25, 0.3) is 5.91 Å². The topological polar surface area (TPSA) is 74.8 Å². The van der Waals surface area contributed by atoms with E-state index in [0.717, 1.165) is 12.1 Å². The van der Waals surface area contributed by atoms with Gasteiger partial charge in [-0.25, -0.2) is 4.98 Å². The Hall–Kier alpha value is -3.32. The highest BCUT2D eigenvalue weighted by Crippen LogP contribution is 2.34. The molecule has 0 saturated heterocycles. The van der Waals surface area contributed by atoms with Crippen LogP contribution in [-0.4, -0.2) is 27.2 Å². The van der Waals surface area contributed by atoms with Crippen molar-refractivity contribution in [3.05, 3.63) is 65.7 Å². The highest BCUT2D eigenvalue weighted by Gasteiger charge is 2.35. The SMILES string of the molecule is C[C@H]1CN(c2ccc(C(F)(F)F)cc2)C(=O)c2c(-c3ccnc(C#N)c3)cnn21.S. The van der Waals surface area contributed by atoms with Gasteiger partial charge in [-0.1, -0.05) is 0 Å². The molecule has 0 unspecified atom stereocenters. The fourth-order valence-corrected chi connectivity index (χ4v) is 3.39. The second-order valence-corrected chi connectivity index (χ2v) is 6.70. The lowest BCUT2D eigenvalue weighted by molar-refractivity contribution is -0.137.